The van der Waals surface area contributed by atoms with Gasteiger partial charge in [-0.1, -0.05) is 0 Å². The third-order valence-electron chi connectivity index (χ3n) is 2.31. The summed E-state index contributed by atoms with van der Waals surface area (Å²) in [7, 11) is 3.90. The van der Waals surface area contributed by atoms with Crippen LogP contribution in [0.15, 0.2) is 18.2 Å². The molecule has 0 aliphatic carbocycles. The van der Waals surface area contributed by atoms with Gasteiger partial charge in [-0.3, -0.25) is 10.9 Å². The molecule has 0 amide bonds. The van der Waals surface area contributed by atoms with Crippen molar-refractivity contribution in [2.45, 2.75) is 0 Å². The Labute approximate surface area is 133 Å². The minimum Gasteiger partial charge on any atom is -0.360 e. The van der Waals surface area contributed by atoms with Gasteiger partial charge >= 0.3 is 0 Å². The molecule has 0 bridgehead atoms. The lowest BCUT2D eigenvalue weighted by Crippen LogP contribution is -2.49. The van der Waals surface area contributed by atoms with Crippen molar-refractivity contribution in [3.8, 4) is 0 Å². The maximum atomic E-state index is 13.4. The molecule has 1 aromatic carbocycles. The van der Waals surface area contributed by atoms with Crippen molar-refractivity contribution in [1.29, 1.82) is 0 Å². The number of thiocarbonyl (C=S) groups is 2. The van der Waals surface area contributed by atoms with E-state index in [1.165, 1.54) is 6.07 Å². The predicted octanol–water partition coefficient (Wildman–Crippen LogP) is 1.19. The van der Waals surface area contributed by atoms with Crippen LogP contribution in [-0.2, 0) is 0 Å². The largest absolute Gasteiger partial charge is 0.360 e. The van der Waals surface area contributed by atoms with Crippen molar-refractivity contribution < 1.29 is 8.78 Å². The van der Waals surface area contributed by atoms with E-state index in [4.69, 9.17) is 24.4 Å². The van der Waals surface area contributed by atoms with Crippen molar-refractivity contribution in [3.63, 3.8) is 0 Å². The van der Waals surface area contributed by atoms with Gasteiger partial charge in [-0.15, -0.1) is 0 Å². The first-order chi connectivity index (χ1) is 9.88. The van der Waals surface area contributed by atoms with E-state index in [2.05, 4.69) is 21.5 Å². The summed E-state index contributed by atoms with van der Waals surface area (Å²) in [5.74, 6) is -1.38. The van der Waals surface area contributed by atoms with Gasteiger partial charge in [0.1, 0.15) is 11.6 Å². The number of likely N-dealkylation sites (N-methyl/N-ethyl adjacent to an activating group) is 1. The van der Waals surface area contributed by atoms with Crippen LogP contribution in [0.4, 0.5) is 14.5 Å². The standard InChI is InChI=1S/C12H17F2N5S2/c1-19(2)6-5-15-11(20)17-18-12(21)16-10-4-3-8(13)7-9(10)14/h3-4,7H,5-6H2,1-2H3,(H2,15,17,20)(H2,16,18,21). The molecule has 9 heteroatoms. The summed E-state index contributed by atoms with van der Waals surface area (Å²) < 4.78 is 26.2. The molecule has 0 atom stereocenters. The minimum atomic E-state index is -0.731. The minimum absolute atomic E-state index is 0.0715. The predicted molar refractivity (Wildman–Crippen MR) is 88.0 cm³/mol. The number of hydrogen-bond acceptors (Lipinski definition) is 3. The molecule has 0 radical (unpaired) electrons. The first-order valence-corrected chi connectivity index (χ1v) is 6.90. The monoisotopic (exact) mass is 333 g/mol. The molecule has 0 aromatic heterocycles. The molecule has 0 saturated carbocycles. The average Bonchev–Trinajstić information content (AvgIpc) is 2.39. The molecular formula is C12H17F2N5S2. The summed E-state index contributed by atoms with van der Waals surface area (Å²) >= 11 is 9.98. The smallest absolute Gasteiger partial charge is 0.189 e. The van der Waals surface area contributed by atoms with Gasteiger partial charge < -0.3 is 15.5 Å². The Kier molecular flexibility index (Phi) is 7.20. The fourth-order valence-corrected chi connectivity index (χ4v) is 1.61. The number of hydrogen-bond donors (Lipinski definition) is 4. The average molecular weight is 333 g/mol. The maximum Gasteiger partial charge on any atom is 0.189 e. The molecular weight excluding hydrogens is 316 g/mol. The highest BCUT2D eigenvalue weighted by molar-refractivity contribution is 7.80. The Morgan fingerprint density at radius 3 is 2.43 bits per heavy atom. The van der Waals surface area contributed by atoms with E-state index in [0.29, 0.717) is 11.7 Å². The fraction of sp³-hybridized carbons (Fsp3) is 0.333. The molecule has 0 saturated heterocycles. The molecule has 1 aromatic rings. The van der Waals surface area contributed by atoms with Crippen LogP contribution in [0, 0.1) is 11.6 Å². The highest BCUT2D eigenvalue weighted by Gasteiger charge is 2.05. The molecule has 116 valence electrons. The van der Waals surface area contributed by atoms with Crippen LogP contribution in [0.25, 0.3) is 0 Å². The van der Waals surface area contributed by atoms with Crippen LogP contribution in [-0.4, -0.2) is 42.3 Å². The van der Waals surface area contributed by atoms with Crippen LogP contribution in [0.3, 0.4) is 0 Å². The normalized spacial score (nSPS) is 10.1. The van der Waals surface area contributed by atoms with E-state index in [0.717, 1.165) is 18.7 Å². The molecule has 0 unspecified atom stereocenters. The number of nitrogens with one attached hydrogen (secondary N) is 4. The number of hydrazine groups is 1. The number of rotatable bonds is 4. The van der Waals surface area contributed by atoms with Crippen molar-refractivity contribution in [2.75, 3.05) is 32.5 Å². The number of halogens is 2. The quantitative estimate of drug-likeness (QED) is 0.488. The zero-order valence-corrected chi connectivity index (χ0v) is 13.3. The van der Waals surface area contributed by atoms with Gasteiger partial charge in [0, 0.05) is 19.2 Å². The Morgan fingerprint density at radius 2 is 1.81 bits per heavy atom. The Balaban J connectivity index is 2.32. The number of benzene rings is 1. The van der Waals surface area contributed by atoms with Crippen molar-refractivity contribution in [1.82, 2.24) is 21.1 Å². The SMILES string of the molecule is CN(C)CCNC(=S)NNC(=S)Nc1ccc(F)cc1F. The second-order valence-electron chi connectivity index (χ2n) is 4.39. The topological polar surface area (TPSA) is 51.4 Å². The third kappa shape index (κ3) is 7.11. The summed E-state index contributed by atoms with van der Waals surface area (Å²) in [6.07, 6.45) is 0. The van der Waals surface area contributed by atoms with Crippen LogP contribution in [0.2, 0.25) is 0 Å². The lowest BCUT2D eigenvalue weighted by molar-refractivity contribution is 0.412. The summed E-state index contributed by atoms with van der Waals surface area (Å²) in [6, 6.07) is 3.16. The van der Waals surface area contributed by atoms with Crippen molar-refractivity contribution in [3.05, 3.63) is 29.8 Å². The zero-order valence-electron chi connectivity index (χ0n) is 11.7. The van der Waals surface area contributed by atoms with Gasteiger partial charge in [0.25, 0.3) is 0 Å². The molecule has 5 nitrogen and oxygen atoms in total. The number of nitrogens with zero attached hydrogens (tertiary/aromatic N) is 1. The van der Waals surface area contributed by atoms with Crippen LogP contribution < -0.4 is 21.5 Å². The molecule has 21 heavy (non-hydrogen) atoms. The molecule has 0 fully saturated rings. The first-order valence-electron chi connectivity index (χ1n) is 6.09. The molecule has 0 aliphatic heterocycles. The molecule has 0 spiro atoms. The maximum absolute atomic E-state index is 13.4. The lowest BCUT2D eigenvalue weighted by Gasteiger charge is -2.15. The third-order valence-corrected chi connectivity index (χ3v) is 2.76. The van der Waals surface area contributed by atoms with Gasteiger partial charge in [-0.25, -0.2) is 8.78 Å². The van der Waals surface area contributed by atoms with Crippen LogP contribution in [0.1, 0.15) is 0 Å². The lowest BCUT2D eigenvalue weighted by atomic mass is 10.3. The Hall–Kier alpha value is -1.58. The van der Waals surface area contributed by atoms with E-state index < -0.39 is 11.6 Å². The highest BCUT2D eigenvalue weighted by atomic mass is 32.1. The van der Waals surface area contributed by atoms with Gasteiger partial charge in [0.2, 0.25) is 0 Å². The molecule has 0 heterocycles. The van der Waals surface area contributed by atoms with Gasteiger partial charge in [0.05, 0.1) is 5.69 Å². The molecule has 0 aliphatic rings. The summed E-state index contributed by atoms with van der Waals surface area (Å²) in [5.41, 5.74) is 5.33. The van der Waals surface area contributed by atoms with Gasteiger partial charge in [0.15, 0.2) is 10.2 Å². The van der Waals surface area contributed by atoms with Crippen LogP contribution in [0.5, 0.6) is 0 Å². The van der Waals surface area contributed by atoms with E-state index in [-0.39, 0.29) is 10.8 Å². The van der Waals surface area contributed by atoms with E-state index in [1.54, 1.807) is 0 Å². The highest BCUT2D eigenvalue weighted by Crippen LogP contribution is 2.14. The fourth-order valence-electron chi connectivity index (χ4n) is 1.30. The van der Waals surface area contributed by atoms with Gasteiger partial charge in [-0.05, 0) is 50.7 Å². The van der Waals surface area contributed by atoms with Crippen molar-refractivity contribution in [2.24, 2.45) is 0 Å². The first kappa shape index (κ1) is 17.5. The van der Waals surface area contributed by atoms with Crippen LogP contribution >= 0.6 is 24.4 Å². The summed E-state index contributed by atoms with van der Waals surface area (Å²) in [5, 5.41) is 6.02. The van der Waals surface area contributed by atoms with E-state index in [9.17, 15) is 8.78 Å². The summed E-state index contributed by atoms with van der Waals surface area (Å²) in [6.45, 7) is 1.50. The Bertz CT molecular complexity index is 510. The summed E-state index contributed by atoms with van der Waals surface area (Å²) in [4.78, 5) is 2.01. The van der Waals surface area contributed by atoms with E-state index >= 15 is 0 Å². The Morgan fingerprint density at radius 1 is 1.14 bits per heavy atom. The second-order valence-corrected chi connectivity index (χ2v) is 5.20. The van der Waals surface area contributed by atoms with Crippen molar-refractivity contribution >= 4 is 40.3 Å². The number of anilines is 1. The molecule has 4 N–H and O–H groups in total. The van der Waals surface area contributed by atoms with Gasteiger partial charge in [-0.2, -0.15) is 0 Å². The molecule has 1 rings (SSSR count). The van der Waals surface area contributed by atoms with E-state index in [1.807, 2.05) is 19.0 Å². The zero-order chi connectivity index (χ0) is 15.8. The second kappa shape index (κ2) is 8.65.